The van der Waals surface area contributed by atoms with Crippen LogP contribution in [0.1, 0.15) is 85.0 Å². The van der Waals surface area contributed by atoms with Gasteiger partial charge in [0.15, 0.2) is 0 Å². The van der Waals surface area contributed by atoms with E-state index in [0.717, 1.165) is 0 Å². The molecule has 0 N–H and O–H groups in total. The van der Waals surface area contributed by atoms with Gasteiger partial charge in [-0.15, -0.1) is 7.92 Å². The summed E-state index contributed by atoms with van der Waals surface area (Å²) in [4.78, 5) is 0. The van der Waals surface area contributed by atoms with E-state index < -0.39 is 0 Å². The molecular formula is C16H33P. The van der Waals surface area contributed by atoms with Crippen molar-refractivity contribution in [1.29, 1.82) is 0 Å². The van der Waals surface area contributed by atoms with Crippen molar-refractivity contribution in [1.82, 2.24) is 0 Å². The third-order valence-corrected chi connectivity index (χ3v) is 8.09. The highest BCUT2D eigenvalue weighted by Gasteiger charge is 2.30. The van der Waals surface area contributed by atoms with Gasteiger partial charge in [-0.25, -0.2) is 0 Å². The minimum atomic E-state index is 0.439. The molecule has 0 unspecified atom stereocenters. The Morgan fingerprint density at radius 2 is 1.06 bits per heavy atom. The van der Waals surface area contributed by atoms with Gasteiger partial charge in [0.2, 0.25) is 0 Å². The highest BCUT2D eigenvalue weighted by molar-refractivity contribution is 7.59. The Morgan fingerprint density at radius 3 is 1.29 bits per heavy atom. The van der Waals surface area contributed by atoms with E-state index in [9.17, 15) is 0 Å². The lowest BCUT2D eigenvalue weighted by molar-refractivity contribution is 0.825. The summed E-state index contributed by atoms with van der Waals surface area (Å²) in [5.74, 6) is 0. The average Bonchev–Trinajstić information content (AvgIpc) is 3.03. The van der Waals surface area contributed by atoms with Crippen LogP contribution < -0.4 is 0 Å². The third kappa shape index (κ3) is 5.29. The predicted octanol–water partition coefficient (Wildman–Crippen LogP) is 6.18. The number of rotatable bonds is 4. The van der Waals surface area contributed by atoms with Gasteiger partial charge in [-0.2, -0.15) is 0 Å². The first-order chi connectivity index (χ1) is 8.33. The molecular weight excluding hydrogens is 223 g/mol. The molecule has 2 aliphatic rings. The van der Waals surface area contributed by atoms with Gasteiger partial charge < -0.3 is 0 Å². The van der Waals surface area contributed by atoms with Crippen LogP contribution >= 0.6 is 7.92 Å². The van der Waals surface area contributed by atoms with Crippen molar-refractivity contribution in [3.63, 3.8) is 0 Å². The fourth-order valence-electron chi connectivity index (χ4n) is 3.29. The molecule has 17 heavy (non-hydrogen) atoms. The molecule has 0 aromatic carbocycles. The summed E-state index contributed by atoms with van der Waals surface area (Å²) in [6, 6.07) is 0. The molecule has 2 aliphatic carbocycles. The maximum Gasteiger partial charge on any atom is -0.0207 e. The number of unbranched alkanes of at least 4 members (excludes halogenated alkanes) is 1. The molecule has 0 bridgehead atoms. The zero-order valence-corrected chi connectivity index (χ0v) is 13.3. The Morgan fingerprint density at radius 1 is 0.706 bits per heavy atom. The first kappa shape index (κ1) is 15.5. The fraction of sp³-hybridized carbons (Fsp3) is 1.00. The first-order valence-corrected chi connectivity index (χ1v) is 9.75. The zero-order valence-electron chi connectivity index (χ0n) is 12.4. The molecule has 0 nitrogen and oxygen atoms in total. The summed E-state index contributed by atoms with van der Waals surface area (Å²) in [5.41, 5.74) is 2.37. The molecule has 0 atom stereocenters. The Labute approximate surface area is 111 Å². The van der Waals surface area contributed by atoms with E-state index in [1.54, 1.807) is 25.7 Å². The van der Waals surface area contributed by atoms with E-state index >= 15 is 0 Å². The van der Waals surface area contributed by atoms with E-state index in [4.69, 9.17) is 0 Å². The number of hydrogen-bond acceptors (Lipinski definition) is 0. The topological polar surface area (TPSA) is 0 Å². The smallest absolute Gasteiger partial charge is 0.0207 e. The van der Waals surface area contributed by atoms with Gasteiger partial charge in [0.05, 0.1) is 0 Å². The van der Waals surface area contributed by atoms with Crippen LogP contribution in [-0.4, -0.2) is 17.5 Å². The summed E-state index contributed by atoms with van der Waals surface area (Å²) in [6.45, 7) is 6.81. The van der Waals surface area contributed by atoms with Crippen molar-refractivity contribution in [3.8, 4) is 0 Å². The van der Waals surface area contributed by atoms with Crippen molar-refractivity contribution >= 4 is 7.92 Å². The van der Waals surface area contributed by atoms with Crippen LogP contribution in [0.3, 0.4) is 0 Å². The summed E-state index contributed by atoms with van der Waals surface area (Å²) < 4.78 is 0. The third-order valence-electron chi connectivity index (χ3n) is 4.45. The number of hydrogen-bond donors (Lipinski definition) is 0. The molecule has 2 saturated carbocycles. The molecule has 2 rings (SSSR count). The lowest BCUT2D eigenvalue weighted by Gasteiger charge is -2.28. The first-order valence-electron chi connectivity index (χ1n) is 8.09. The van der Waals surface area contributed by atoms with E-state index in [0.29, 0.717) is 7.92 Å². The summed E-state index contributed by atoms with van der Waals surface area (Å²) in [6.07, 6.45) is 16.6. The second-order valence-electron chi connectivity index (χ2n) is 5.71. The summed E-state index contributed by atoms with van der Waals surface area (Å²) in [7, 11) is 0.439. The minimum Gasteiger partial charge on any atom is -0.101 e. The molecule has 0 radical (unpaired) electrons. The average molecular weight is 256 g/mol. The molecule has 0 aliphatic heterocycles. The monoisotopic (exact) mass is 256 g/mol. The van der Waals surface area contributed by atoms with Gasteiger partial charge in [-0.05, 0) is 43.2 Å². The lowest BCUT2D eigenvalue weighted by atomic mass is 10.4. The Hall–Kier alpha value is 0.430. The Kier molecular flexibility index (Phi) is 8.54. The Balaban J connectivity index is 0.000000317. The summed E-state index contributed by atoms with van der Waals surface area (Å²) >= 11 is 0. The van der Waals surface area contributed by atoms with Crippen molar-refractivity contribution in [2.24, 2.45) is 0 Å². The van der Waals surface area contributed by atoms with E-state index in [1.165, 1.54) is 56.0 Å². The standard InChI is InChI=1S/C12H23P.C4H10/c1-2-13(11-7-3-4-8-11)12-9-5-6-10-12;1-3-4-2/h11-12H,2-10H2,1H3;3-4H2,1-2H3. The molecule has 0 aromatic heterocycles. The zero-order chi connectivity index (χ0) is 12.5. The van der Waals surface area contributed by atoms with Gasteiger partial charge in [-0.1, -0.05) is 59.3 Å². The van der Waals surface area contributed by atoms with E-state index in [-0.39, 0.29) is 0 Å². The highest BCUT2D eigenvalue weighted by atomic mass is 31.1. The van der Waals surface area contributed by atoms with Crippen LogP contribution in [0.2, 0.25) is 0 Å². The molecule has 0 saturated heterocycles. The van der Waals surface area contributed by atoms with Crippen LogP contribution in [0.5, 0.6) is 0 Å². The van der Waals surface area contributed by atoms with E-state index in [1.807, 2.05) is 0 Å². The van der Waals surface area contributed by atoms with Crippen LogP contribution in [0.25, 0.3) is 0 Å². The molecule has 2 fully saturated rings. The molecule has 0 aromatic rings. The van der Waals surface area contributed by atoms with E-state index in [2.05, 4.69) is 20.8 Å². The van der Waals surface area contributed by atoms with Crippen LogP contribution in [0.4, 0.5) is 0 Å². The molecule has 102 valence electrons. The van der Waals surface area contributed by atoms with Crippen molar-refractivity contribution in [2.45, 2.75) is 96.3 Å². The summed E-state index contributed by atoms with van der Waals surface area (Å²) in [5, 5.41) is 0. The highest BCUT2D eigenvalue weighted by Crippen LogP contribution is 2.56. The van der Waals surface area contributed by atoms with Gasteiger partial charge in [0.25, 0.3) is 0 Å². The predicted molar refractivity (Wildman–Crippen MR) is 82.6 cm³/mol. The molecule has 0 heterocycles. The van der Waals surface area contributed by atoms with Crippen molar-refractivity contribution in [2.75, 3.05) is 6.16 Å². The van der Waals surface area contributed by atoms with Gasteiger partial charge in [-0.3, -0.25) is 0 Å². The van der Waals surface area contributed by atoms with Crippen molar-refractivity contribution in [3.05, 3.63) is 0 Å². The quantitative estimate of drug-likeness (QED) is 0.527. The maximum atomic E-state index is 2.45. The van der Waals surface area contributed by atoms with Gasteiger partial charge in [0, 0.05) is 0 Å². The Bertz CT molecular complexity index is 148. The maximum absolute atomic E-state index is 2.45. The second kappa shape index (κ2) is 9.37. The largest absolute Gasteiger partial charge is 0.101 e. The van der Waals surface area contributed by atoms with Crippen LogP contribution in [0, 0.1) is 0 Å². The SMILES string of the molecule is CCCC.CCP(C1CCCC1)C1CCCC1. The minimum absolute atomic E-state index is 0.439. The van der Waals surface area contributed by atoms with Gasteiger partial charge in [0.1, 0.15) is 0 Å². The lowest BCUT2D eigenvalue weighted by Crippen LogP contribution is -2.11. The normalized spacial score (nSPS) is 21.9. The van der Waals surface area contributed by atoms with Crippen LogP contribution in [0.15, 0.2) is 0 Å². The molecule has 0 spiro atoms. The van der Waals surface area contributed by atoms with Gasteiger partial charge >= 0.3 is 0 Å². The second-order valence-corrected chi connectivity index (χ2v) is 8.83. The molecule has 0 amide bonds. The van der Waals surface area contributed by atoms with Crippen molar-refractivity contribution < 1.29 is 0 Å². The fourth-order valence-corrected chi connectivity index (χ4v) is 6.97. The molecule has 1 heteroatoms. The van der Waals surface area contributed by atoms with Crippen LogP contribution in [-0.2, 0) is 0 Å².